The van der Waals surface area contributed by atoms with Crippen LogP contribution in [0.15, 0.2) is 0 Å². The summed E-state index contributed by atoms with van der Waals surface area (Å²) < 4.78 is 30.6. The van der Waals surface area contributed by atoms with Crippen molar-refractivity contribution >= 4 is 7.82 Å². The minimum atomic E-state index is -4.05. The molecule has 0 radical (unpaired) electrons. The summed E-state index contributed by atoms with van der Waals surface area (Å²) in [5, 5.41) is 8.91. The quantitative estimate of drug-likeness (QED) is 0.597. The minimum Gasteiger partial charge on any atom is -0.394 e. The molecule has 2 bridgehead atoms. The van der Waals surface area contributed by atoms with Crippen LogP contribution in [0, 0.1) is 0 Å². The molecule has 82 valence electrons. The van der Waals surface area contributed by atoms with Crippen LogP contribution in [0.2, 0.25) is 0 Å². The van der Waals surface area contributed by atoms with E-state index in [4.69, 9.17) is 24.0 Å². The molecule has 2 N–H and O–H groups in total. The van der Waals surface area contributed by atoms with E-state index in [-0.39, 0.29) is 6.61 Å². The zero-order valence-corrected chi connectivity index (χ0v) is 8.29. The fraction of sp³-hybridized carbons (Fsp3) is 1.00. The molecule has 2 aliphatic rings. The van der Waals surface area contributed by atoms with E-state index in [1.165, 1.54) is 7.11 Å². The lowest BCUT2D eigenvalue weighted by Gasteiger charge is -2.29. The maximum Gasteiger partial charge on any atom is 0.475 e. The van der Waals surface area contributed by atoms with Gasteiger partial charge in [0.25, 0.3) is 0 Å². The van der Waals surface area contributed by atoms with Gasteiger partial charge in [0.05, 0.1) is 6.61 Å². The second-order valence-electron chi connectivity index (χ2n) is 3.07. The smallest absolute Gasteiger partial charge is 0.394 e. The Labute approximate surface area is 80.1 Å². The molecule has 2 heterocycles. The molecule has 0 aliphatic carbocycles. The highest BCUT2D eigenvalue weighted by atomic mass is 31.2. The standard InChI is InChI=1S/C6H11O7P/c1-10-5-4-3(2-7)11-6(5)13-14(8,9)12-4/h3-7H,2H2,1H3,(H,8,9)/t3-,4-,5-,6-/m1/s1. The normalized spacial score (nSPS) is 52.2. The van der Waals surface area contributed by atoms with Crippen LogP contribution in [0.3, 0.4) is 0 Å². The molecule has 7 nitrogen and oxygen atoms in total. The van der Waals surface area contributed by atoms with Crippen molar-refractivity contribution in [2.75, 3.05) is 13.7 Å². The second kappa shape index (κ2) is 3.53. The van der Waals surface area contributed by atoms with Crippen LogP contribution in [0.25, 0.3) is 0 Å². The first-order valence-electron chi connectivity index (χ1n) is 4.06. The molecule has 0 spiro atoms. The van der Waals surface area contributed by atoms with Crippen molar-refractivity contribution in [3.8, 4) is 0 Å². The van der Waals surface area contributed by atoms with Crippen molar-refractivity contribution in [3.63, 3.8) is 0 Å². The van der Waals surface area contributed by atoms with E-state index in [2.05, 4.69) is 4.52 Å². The molecule has 2 fully saturated rings. The lowest BCUT2D eigenvalue weighted by atomic mass is 10.1. The average molecular weight is 226 g/mol. The maximum absolute atomic E-state index is 11.1. The Hall–Kier alpha value is -0.0100. The monoisotopic (exact) mass is 226 g/mol. The lowest BCUT2D eigenvalue weighted by molar-refractivity contribution is -0.143. The average Bonchev–Trinajstić information content (AvgIpc) is 2.33. The van der Waals surface area contributed by atoms with Crippen LogP contribution in [-0.4, -0.2) is 48.3 Å². The zero-order valence-electron chi connectivity index (χ0n) is 7.40. The van der Waals surface area contributed by atoms with Gasteiger partial charge in [0.15, 0.2) is 6.29 Å². The van der Waals surface area contributed by atoms with Gasteiger partial charge in [-0.15, -0.1) is 0 Å². The van der Waals surface area contributed by atoms with Gasteiger partial charge in [-0.05, 0) is 0 Å². The highest BCUT2D eigenvalue weighted by Crippen LogP contribution is 2.54. The van der Waals surface area contributed by atoms with Crippen LogP contribution in [0.5, 0.6) is 0 Å². The Bertz CT molecular complexity index is 269. The molecule has 2 rings (SSSR count). The third-order valence-electron chi connectivity index (χ3n) is 2.21. The van der Waals surface area contributed by atoms with Gasteiger partial charge < -0.3 is 19.5 Å². The zero-order chi connectivity index (χ0) is 10.3. The number of phosphoric acid groups is 1. The van der Waals surface area contributed by atoms with Gasteiger partial charge in [0.2, 0.25) is 0 Å². The Balaban J connectivity index is 2.20. The molecule has 14 heavy (non-hydrogen) atoms. The van der Waals surface area contributed by atoms with E-state index in [1.54, 1.807) is 0 Å². The molecule has 5 atom stereocenters. The third-order valence-corrected chi connectivity index (χ3v) is 3.20. The summed E-state index contributed by atoms with van der Waals surface area (Å²) in [6.07, 6.45) is -2.99. The number of aliphatic hydroxyl groups is 1. The highest BCUT2D eigenvalue weighted by molar-refractivity contribution is 7.47. The first-order chi connectivity index (χ1) is 6.57. The van der Waals surface area contributed by atoms with Gasteiger partial charge in [0.1, 0.15) is 18.3 Å². The van der Waals surface area contributed by atoms with E-state index in [9.17, 15) is 4.57 Å². The summed E-state index contributed by atoms with van der Waals surface area (Å²) in [5.41, 5.74) is 0. The van der Waals surface area contributed by atoms with E-state index < -0.39 is 32.4 Å². The Morgan fingerprint density at radius 3 is 2.79 bits per heavy atom. The van der Waals surface area contributed by atoms with Gasteiger partial charge in [-0.3, -0.25) is 9.05 Å². The topological polar surface area (TPSA) is 94.5 Å². The fourth-order valence-electron chi connectivity index (χ4n) is 1.61. The molecule has 0 aromatic rings. The van der Waals surface area contributed by atoms with Crippen molar-refractivity contribution in [1.82, 2.24) is 0 Å². The Morgan fingerprint density at radius 1 is 1.50 bits per heavy atom. The second-order valence-corrected chi connectivity index (χ2v) is 4.43. The van der Waals surface area contributed by atoms with Gasteiger partial charge in [-0.2, -0.15) is 0 Å². The van der Waals surface area contributed by atoms with Crippen molar-refractivity contribution in [1.29, 1.82) is 0 Å². The number of phosphoric ester groups is 1. The predicted octanol–water partition coefficient (Wildman–Crippen LogP) is -0.766. The number of hydrogen-bond donors (Lipinski definition) is 2. The van der Waals surface area contributed by atoms with E-state index >= 15 is 0 Å². The van der Waals surface area contributed by atoms with Gasteiger partial charge in [0, 0.05) is 7.11 Å². The van der Waals surface area contributed by atoms with Crippen molar-refractivity contribution in [2.24, 2.45) is 0 Å². The number of rotatable bonds is 2. The molecule has 0 aromatic heterocycles. The third kappa shape index (κ3) is 1.61. The summed E-state index contributed by atoms with van der Waals surface area (Å²) in [6, 6.07) is 0. The summed E-state index contributed by atoms with van der Waals surface area (Å²) in [5.74, 6) is 0. The van der Waals surface area contributed by atoms with Gasteiger partial charge >= 0.3 is 7.82 Å². The lowest BCUT2D eigenvalue weighted by Crippen LogP contribution is -2.41. The van der Waals surface area contributed by atoms with Gasteiger partial charge in [-0.25, -0.2) is 4.57 Å². The largest absolute Gasteiger partial charge is 0.475 e. The molecular formula is C6H11O7P. The van der Waals surface area contributed by atoms with E-state index in [1.807, 2.05) is 0 Å². The minimum absolute atomic E-state index is 0.315. The van der Waals surface area contributed by atoms with Crippen LogP contribution >= 0.6 is 7.82 Å². The maximum atomic E-state index is 11.1. The summed E-state index contributed by atoms with van der Waals surface area (Å²) in [7, 11) is -2.64. The first kappa shape index (κ1) is 10.5. The summed E-state index contributed by atoms with van der Waals surface area (Å²) in [4.78, 5) is 9.08. The van der Waals surface area contributed by atoms with Crippen LogP contribution in [0.4, 0.5) is 0 Å². The van der Waals surface area contributed by atoms with Crippen molar-refractivity contribution < 1.29 is 33.1 Å². The predicted molar refractivity (Wildman–Crippen MR) is 42.3 cm³/mol. The van der Waals surface area contributed by atoms with Crippen LogP contribution < -0.4 is 0 Å². The number of hydrogen-bond acceptors (Lipinski definition) is 6. The first-order valence-corrected chi connectivity index (χ1v) is 5.55. The molecule has 0 saturated carbocycles. The highest BCUT2D eigenvalue weighted by Gasteiger charge is 2.56. The Kier molecular flexibility index (Phi) is 2.65. The SMILES string of the molecule is CO[C@H]1[C@@H]2O[C@H](CO)[C@H]1OP(=O)(O)O2. The number of fused-ring (bicyclic) bond motifs is 2. The van der Waals surface area contributed by atoms with Crippen LogP contribution in [-0.2, 0) is 23.1 Å². The number of ether oxygens (including phenoxy) is 2. The fourth-order valence-corrected chi connectivity index (χ4v) is 2.65. The summed E-state index contributed by atoms with van der Waals surface area (Å²) >= 11 is 0. The van der Waals surface area contributed by atoms with Gasteiger partial charge in [-0.1, -0.05) is 0 Å². The number of methoxy groups -OCH3 is 1. The number of aliphatic hydroxyl groups excluding tert-OH is 1. The molecule has 1 unspecified atom stereocenters. The molecule has 2 aliphatic heterocycles. The van der Waals surface area contributed by atoms with Crippen LogP contribution in [0.1, 0.15) is 0 Å². The molecular weight excluding hydrogens is 215 g/mol. The van der Waals surface area contributed by atoms with E-state index in [0.29, 0.717) is 0 Å². The summed E-state index contributed by atoms with van der Waals surface area (Å²) in [6.45, 7) is -0.315. The Morgan fingerprint density at radius 2 is 2.21 bits per heavy atom. The van der Waals surface area contributed by atoms with Crippen molar-refractivity contribution in [2.45, 2.75) is 24.6 Å². The van der Waals surface area contributed by atoms with Crippen molar-refractivity contribution in [3.05, 3.63) is 0 Å². The molecule has 2 saturated heterocycles. The van der Waals surface area contributed by atoms with E-state index in [0.717, 1.165) is 0 Å². The molecule has 0 amide bonds. The molecule has 8 heteroatoms. The molecule has 0 aromatic carbocycles.